The molecule has 1 atom stereocenters. The van der Waals surface area contributed by atoms with Crippen molar-refractivity contribution < 1.29 is 19.6 Å². The van der Waals surface area contributed by atoms with Crippen molar-refractivity contribution in [1.29, 1.82) is 0 Å². The van der Waals surface area contributed by atoms with Gasteiger partial charge in [-0.15, -0.1) is 0 Å². The fraction of sp³-hybridized carbons (Fsp3) is 0.320. The second-order valence-corrected chi connectivity index (χ2v) is 8.65. The fourth-order valence-electron chi connectivity index (χ4n) is 4.52. The lowest BCUT2D eigenvalue weighted by Gasteiger charge is -2.28. The van der Waals surface area contributed by atoms with Gasteiger partial charge in [0.05, 0.1) is 43.6 Å². The first-order chi connectivity index (χ1) is 15.9. The molecule has 0 radical (unpaired) electrons. The summed E-state index contributed by atoms with van der Waals surface area (Å²) in [6.45, 7) is 8.76. The second kappa shape index (κ2) is 9.37. The van der Waals surface area contributed by atoms with Gasteiger partial charge in [-0.3, -0.25) is 9.59 Å². The summed E-state index contributed by atoms with van der Waals surface area (Å²) >= 11 is 6.25. The van der Waals surface area contributed by atoms with Crippen LogP contribution in [-0.2, 0) is 9.59 Å². The highest BCUT2D eigenvalue weighted by molar-refractivity contribution is 6.46. The highest BCUT2D eigenvalue weighted by Gasteiger charge is 2.44. The number of hydrogen-bond acceptors (Lipinski definition) is 4. The van der Waals surface area contributed by atoms with Gasteiger partial charge in [0.1, 0.15) is 5.65 Å². The van der Waals surface area contributed by atoms with E-state index in [1.54, 1.807) is 53.9 Å². The number of halogens is 1. The molecule has 2 aromatic heterocycles. The summed E-state index contributed by atoms with van der Waals surface area (Å²) in [6.07, 6.45) is 1.74. The molecule has 4 rings (SSSR count). The Morgan fingerprint density at radius 2 is 1.91 bits per heavy atom. The monoisotopic (exact) mass is 466 g/mol. The maximum Gasteiger partial charge on any atom is 0.295 e. The molecule has 172 valence electrons. The van der Waals surface area contributed by atoms with Gasteiger partial charge in [-0.1, -0.05) is 35.6 Å². The number of amides is 1. The lowest BCUT2D eigenvalue weighted by atomic mass is 9.96. The number of carbonyl (C=O) groups is 2. The van der Waals surface area contributed by atoms with Crippen LogP contribution in [0.2, 0.25) is 5.02 Å². The number of aryl methyl sites for hydroxylation is 1. The van der Waals surface area contributed by atoms with Gasteiger partial charge in [0.15, 0.2) is 0 Å². The third kappa shape index (κ3) is 4.14. The first-order valence-corrected chi connectivity index (χ1v) is 11.5. The Morgan fingerprint density at radius 3 is 2.61 bits per heavy atom. The summed E-state index contributed by atoms with van der Waals surface area (Å²) in [5, 5.41) is 14.3. The number of fused-ring (bicyclic) bond motifs is 1. The SMILES string of the molecule is CC[NH+](CC)CCN1C(=O)C(=O)/C(=C(/[O-])c2c(C)nc3ccccn23)C1c1cccc(Cl)c1. The number of likely N-dealkylation sites (N-methyl/N-ethyl adjacent to an activating group) is 1. The topological polar surface area (TPSA) is 82.2 Å². The summed E-state index contributed by atoms with van der Waals surface area (Å²) in [5.41, 5.74) is 2.01. The molecule has 0 bridgehead atoms. The molecule has 8 heteroatoms. The largest absolute Gasteiger partial charge is 0.871 e. The Balaban J connectivity index is 1.88. The van der Waals surface area contributed by atoms with Gasteiger partial charge in [-0.25, -0.2) is 4.98 Å². The third-order valence-electron chi connectivity index (χ3n) is 6.32. The molecule has 0 saturated carbocycles. The average Bonchev–Trinajstić information content (AvgIpc) is 3.27. The maximum absolute atomic E-state index is 13.8. The lowest BCUT2D eigenvalue weighted by molar-refractivity contribution is -0.895. The number of nitrogens with one attached hydrogen (secondary N) is 1. The summed E-state index contributed by atoms with van der Waals surface area (Å²) in [5.74, 6) is -1.89. The van der Waals surface area contributed by atoms with E-state index >= 15 is 0 Å². The van der Waals surface area contributed by atoms with Crippen molar-refractivity contribution in [3.05, 3.63) is 76.2 Å². The summed E-state index contributed by atoms with van der Waals surface area (Å²) < 4.78 is 1.67. The van der Waals surface area contributed by atoms with E-state index in [0.29, 0.717) is 40.7 Å². The quantitative estimate of drug-likeness (QED) is 0.324. The van der Waals surface area contributed by atoms with E-state index in [-0.39, 0.29) is 5.57 Å². The zero-order valence-electron chi connectivity index (χ0n) is 19.0. The molecule has 0 spiro atoms. The Labute approximate surface area is 197 Å². The van der Waals surface area contributed by atoms with Gasteiger partial charge in [0.2, 0.25) is 5.78 Å². The Kier molecular flexibility index (Phi) is 6.54. The van der Waals surface area contributed by atoms with Gasteiger partial charge in [-0.2, -0.15) is 0 Å². The van der Waals surface area contributed by atoms with Crippen LogP contribution < -0.4 is 10.0 Å². The van der Waals surface area contributed by atoms with Crippen LogP contribution in [0.1, 0.15) is 36.8 Å². The smallest absolute Gasteiger partial charge is 0.295 e. The highest BCUT2D eigenvalue weighted by atomic mass is 35.5. The zero-order chi connectivity index (χ0) is 23.7. The summed E-state index contributed by atoms with van der Waals surface area (Å²) in [4.78, 5) is 33.6. The summed E-state index contributed by atoms with van der Waals surface area (Å²) in [7, 11) is 0. The predicted octanol–water partition coefficient (Wildman–Crippen LogP) is 1.44. The molecule has 1 aliphatic rings. The van der Waals surface area contributed by atoms with Gasteiger partial charge >= 0.3 is 0 Å². The molecule has 1 aromatic carbocycles. The Bertz CT molecular complexity index is 1250. The first kappa shape index (κ1) is 23.0. The number of rotatable bonds is 7. The molecule has 3 aromatic rings. The molecule has 1 fully saturated rings. The van der Waals surface area contributed by atoms with Crippen LogP contribution >= 0.6 is 11.6 Å². The number of quaternary nitrogens is 1. The molecule has 7 nitrogen and oxygen atoms in total. The molecule has 1 unspecified atom stereocenters. The van der Waals surface area contributed by atoms with E-state index in [1.807, 2.05) is 6.07 Å². The van der Waals surface area contributed by atoms with Crippen LogP contribution in [-0.4, -0.2) is 52.2 Å². The number of aromatic nitrogens is 2. The number of pyridine rings is 1. The molecule has 33 heavy (non-hydrogen) atoms. The molecule has 1 saturated heterocycles. The average molecular weight is 467 g/mol. The molecular weight excluding hydrogens is 440 g/mol. The van der Waals surface area contributed by atoms with E-state index in [0.717, 1.165) is 13.1 Å². The van der Waals surface area contributed by atoms with Crippen LogP contribution in [0.15, 0.2) is 54.2 Å². The van der Waals surface area contributed by atoms with Gasteiger partial charge in [0.25, 0.3) is 5.91 Å². The van der Waals surface area contributed by atoms with Crippen LogP contribution in [0.4, 0.5) is 0 Å². The van der Waals surface area contributed by atoms with Crippen LogP contribution in [0.25, 0.3) is 11.4 Å². The van der Waals surface area contributed by atoms with E-state index in [2.05, 4.69) is 18.8 Å². The zero-order valence-corrected chi connectivity index (χ0v) is 19.7. The first-order valence-electron chi connectivity index (χ1n) is 11.2. The minimum atomic E-state index is -0.792. The summed E-state index contributed by atoms with van der Waals surface area (Å²) in [6, 6.07) is 11.6. The van der Waals surface area contributed by atoms with Gasteiger partial charge in [0, 0.05) is 16.8 Å². The van der Waals surface area contributed by atoms with Crippen molar-refractivity contribution >= 4 is 34.7 Å². The fourth-order valence-corrected chi connectivity index (χ4v) is 4.72. The van der Waals surface area contributed by atoms with Crippen molar-refractivity contribution in [3.63, 3.8) is 0 Å². The van der Waals surface area contributed by atoms with Crippen molar-refractivity contribution in [2.24, 2.45) is 0 Å². The van der Waals surface area contributed by atoms with Crippen molar-refractivity contribution in [2.75, 3.05) is 26.2 Å². The van der Waals surface area contributed by atoms with Crippen molar-refractivity contribution in [1.82, 2.24) is 14.3 Å². The van der Waals surface area contributed by atoms with Gasteiger partial charge < -0.3 is 19.3 Å². The number of nitrogens with zero attached hydrogens (tertiary/aromatic N) is 3. The van der Waals surface area contributed by atoms with Gasteiger partial charge in [-0.05, 0) is 50.6 Å². The molecular formula is C25H27ClN4O3. The van der Waals surface area contributed by atoms with Crippen molar-refractivity contribution in [3.8, 4) is 0 Å². The molecule has 0 aliphatic carbocycles. The van der Waals surface area contributed by atoms with E-state index < -0.39 is 23.5 Å². The predicted molar refractivity (Wildman–Crippen MR) is 125 cm³/mol. The number of imidazole rings is 1. The number of benzene rings is 1. The third-order valence-corrected chi connectivity index (χ3v) is 6.55. The lowest BCUT2D eigenvalue weighted by Crippen LogP contribution is -3.12. The Hall–Kier alpha value is -3.16. The second-order valence-electron chi connectivity index (χ2n) is 8.21. The minimum absolute atomic E-state index is 0.0504. The van der Waals surface area contributed by atoms with E-state index in [1.165, 1.54) is 9.80 Å². The highest BCUT2D eigenvalue weighted by Crippen LogP contribution is 2.39. The van der Waals surface area contributed by atoms with E-state index in [4.69, 9.17) is 11.6 Å². The number of ketones is 1. The standard InChI is InChI=1S/C25H27ClN4O3/c1-4-28(5-2)13-14-30-22(17-9-8-10-18(26)15-17)20(24(32)25(30)33)23(31)21-16(3)27-19-11-6-7-12-29(19)21/h6-12,15,22,31H,4-5,13-14H2,1-3H3/b23-20+. The molecule has 1 amide bonds. The minimum Gasteiger partial charge on any atom is -0.871 e. The normalized spacial score (nSPS) is 18.1. The van der Waals surface area contributed by atoms with E-state index in [9.17, 15) is 14.7 Å². The van der Waals surface area contributed by atoms with Crippen molar-refractivity contribution in [2.45, 2.75) is 26.8 Å². The number of likely N-dealkylation sites (tertiary alicyclic amines) is 1. The van der Waals surface area contributed by atoms with Crippen LogP contribution in [0.5, 0.6) is 0 Å². The number of Topliss-reactive ketones (excluding diaryl/α,β-unsaturated/α-hetero) is 1. The maximum atomic E-state index is 13.8. The van der Waals surface area contributed by atoms with Crippen LogP contribution in [0, 0.1) is 6.92 Å². The molecule has 1 N–H and O–H groups in total. The molecule has 1 aliphatic heterocycles. The Morgan fingerprint density at radius 1 is 1.15 bits per heavy atom. The van der Waals surface area contributed by atoms with Crippen LogP contribution in [0.3, 0.4) is 0 Å². The number of hydrogen-bond donors (Lipinski definition) is 1. The molecule has 3 heterocycles. The number of carbonyl (C=O) groups excluding carboxylic acids is 2.